The van der Waals surface area contributed by atoms with Gasteiger partial charge in [0, 0.05) is 24.1 Å². The van der Waals surface area contributed by atoms with Crippen LogP contribution in [-0.4, -0.2) is 25.9 Å². The van der Waals surface area contributed by atoms with Gasteiger partial charge in [0.05, 0.1) is 6.61 Å². The molecule has 1 aromatic rings. The van der Waals surface area contributed by atoms with E-state index in [1.165, 1.54) is 4.88 Å². The summed E-state index contributed by atoms with van der Waals surface area (Å²) in [5.41, 5.74) is 6.00. The summed E-state index contributed by atoms with van der Waals surface area (Å²) in [6.45, 7) is 4.55. The minimum absolute atomic E-state index is 0.0356. The molecule has 1 aliphatic heterocycles. The van der Waals surface area contributed by atoms with E-state index in [0.717, 1.165) is 32.7 Å². The second-order valence-corrected chi connectivity index (χ2v) is 5.66. The maximum absolute atomic E-state index is 6.02. The Kier molecular flexibility index (Phi) is 4.98. The highest BCUT2D eigenvalue weighted by Gasteiger charge is 2.21. The van der Waals surface area contributed by atoms with Crippen LogP contribution in [0.5, 0.6) is 0 Å². The predicted molar refractivity (Wildman–Crippen MR) is 70.2 cm³/mol. The second-order valence-electron chi connectivity index (χ2n) is 4.68. The predicted octanol–water partition coefficient (Wildman–Crippen LogP) is 2.58. The third kappa shape index (κ3) is 3.78. The van der Waals surface area contributed by atoms with Crippen molar-refractivity contribution in [1.29, 1.82) is 0 Å². The van der Waals surface area contributed by atoms with Gasteiger partial charge in [-0.1, -0.05) is 6.07 Å². The third-order valence-corrected chi connectivity index (χ3v) is 4.09. The number of rotatable bonds is 5. The number of hydrogen-bond donors (Lipinski definition) is 1. The maximum Gasteiger partial charge on any atom is 0.106 e. The Labute approximate surface area is 107 Å². The minimum Gasteiger partial charge on any atom is -0.381 e. The topological polar surface area (TPSA) is 44.5 Å². The van der Waals surface area contributed by atoms with Gasteiger partial charge < -0.3 is 15.2 Å². The summed E-state index contributed by atoms with van der Waals surface area (Å²) < 4.78 is 11.4. The molecule has 4 heteroatoms. The van der Waals surface area contributed by atoms with E-state index in [-0.39, 0.29) is 12.1 Å². The van der Waals surface area contributed by atoms with Crippen LogP contribution in [0.4, 0.5) is 0 Å². The van der Waals surface area contributed by atoms with Crippen molar-refractivity contribution >= 4 is 11.3 Å². The van der Waals surface area contributed by atoms with Crippen molar-refractivity contribution in [3.63, 3.8) is 0 Å². The Morgan fingerprint density at radius 1 is 1.53 bits per heavy atom. The van der Waals surface area contributed by atoms with Crippen molar-refractivity contribution in [3.8, 4) is 0 Å². The van der Waals surface area contributed by atoms with Gasteiger partial charge >= 0.3 is 0 Å². The highest BCUT2D eigenvalue weighted by molar-refractivity contribution is 7.10. The zero-order chi connectivity index (χ0) is 12.1. The van der Waals surface area contributed by atoms with Gasteiger partial charge in [-0.15, -0.1) is 11.3 Å². The molecule has 17 heavy (non-hydrogen) atoms. The smallest absolute Gasteiger partial charge is 0.106 e. The molecule has 0 bridgehead atoms. The molecular formula is C13H21NO2S. The van der Waals surface area contributed by atoms with Crippen molar-refractivity contribution in [2.24, 2.45) is 11.7 Å². The van der Waals surface area contributed by atoms with Gasteiger partial charge in [-0.05, 0) is 37.1 Å². The Hall–Kier alpha value is -0.420. The van der Waals surface area contributed by atoms with E-state index in [0.29, 0.717) is 5.92 Å². The van der Waals surface area contributed by atoms with Crippen LogP contribution in [0, 0.1) is 5.92 Å². The summed E-state index contributed by atoms with van der Waals surface area (Å²) >= 11 is 1.72. The summed E-state index contributed by atoms with van der Waals surface area (Å²) in [6, 6.07) is 4.18. The molecular weight excluding hydrogens is 234 g/mol. The SMILES string of the molecule is CC(N)C(OCC1CCOCC1)c1cccs1. The molecule has 1 aliphatic rings. The fraction of sp³-hybridized carbons (Fsp3) is 0.692. The average Bonchev–Trinajstić information content (AvgIpc) is 2.84. The number of nitrogens with two attached hydrogens (primary N) is 1. The largest absolute Gasteiger partial charge is 0.381 e. The lowest BCUT2D eigenvalue weighted by Gasteiger charge is -2.26. The Morgan fingerprint density at radius 2 is 2.29 bits per heavy atom. The third-order valence-electron chi connectivity index (χ3n) is 3.15. The lowest BCUT2D eigenvalue weighted by atomic mass is 10.0. The molecule has 0 saturated carbocycles. The molecule has 2 atom stereocenters. The van der Waals surface area contributed by atoms with Crippen LogP contribution in [0.3, 0.4) is 0 Å². The van der Waals surface area contributed by atoms with Crippen molar-refractivity contribution in [1.82, 2.24) is 0 Å². The van der Waals surface area contributed by atoms with E-state index in [9.17, 15) is 0 Å². The maximum atomic E-state index is 6.02. The summed E-state index contributed by atoms with van der Waals surface area (Å²) in [6.07, 6.45) is 2.25. The molecule has 0 radical (unpaired) electrons. The fourth-order valence-corrected chi connectivity index (χ4v) is 2.99. The quantitative estimate of drug-likeness (QED) is 0.879. The number of hydrogen-bond acceptors (Lipinski definition) is 4. The van der Waals surface area contributed by atoms with Crippen LogP contribution in [0.2, 0.25) is 0 Å². The summed E-state index contributed by atoms with van der Waals surface area (Å²) in [7, 11) is 0. The second kappa shape index (κ2) is 6.50. The van der Waals surface area contributed by atoms with Gasteiger partial charge in [0.1, 0.15) is 6.10 Å². The van der Waals surface area contributed by atoms with Gasteiger partial charge in [-0.3, -0.25) is 0 Å². The summed E-state index contributed by atoms with van der Waals surface area (Å²) in [5.74, 6) is 0.630. The molecule has 0 aliphatic carbocycles. The molecule has 3 nitrogen and oxygen atoms in total. The van der Waals surface area contributed by atoms with Crippen LogP contribution >= 0.6 is 11.3 Å². The highest BCUT2D eigenvalue weighted by Crippen LogP contribution is 2.26. The lowest BCUT2D eigenvalue weighted by Crippen LogP contribution is -2.29. The van der Waals surface area contributed by atoms with Gasteiger partial charge in [0.25, 0.3) is 0 Å². The first-order chi connectivity index (χ1) is 8.27. The summed E-state index contributed by atoms with van der Waals surface area (Å²) in [4.78, 5) is 1.23. The zero-order valence-electron chi connectivity index (χ0n) is 10.3. The standard InChI is InChI=1S/C13H21NO2S/c1-10(14)13(12-3-2-8-17-12)16-9-11-4-6-15-7-5-11/h2-3,8,10-11,13H,4-7,9,14H2,1H3. The van der Waals surface area contributed by atoms with E-state index >= 15 is 0 Å². The molecule has 96 valence electrons. The van der Waals surface area contributed by atoms with Crippen LogP contribution < -0.4 is 5.73 Å². The Bertz CT molecular complexity index is 307. The van der Waals surface area contributed by atoms with E-state index < -0.39 is 0 Å². The first kappa shape index (κ1) is 13.0. The van der Waals surface area contributed by atoms with Gasteiger partial charge in [0.2, 0.25) is 0 Å². The van der Waals surface area contributed by atoms with Crippen LogP contribution in [0.15, 0.2) is 17.5 Å². The molecule has 1 fully saturated rings. The van der Waals surface area contributed by atoms with Crippen LogP contribution in [0.25, 0.3) is 0 Å². The Morgan fingerprint density at radius 3 is 2.88 bits per heavy atom. The van der Waals surface area contributed by atoms with Crippen molar-refractivity contribution in [3.05, 3.63) is 22.4 Å². The van der Waals surface area contributed by atoms with Gasteiger partial charge in [0.15, 0.2) is 0 Å². The number of ether oxygens (including phenoxy) is 2. The van der Waals surface area contributed by atoms with Crippen molar-refractivity contribution in [2.45, 2.75) is 31.9 Å². The fourth-order valence-electron chi connectivity index (χ4n) is 2.10. The van der Waals surface area contributed by atoms with E-state index in [2.05, 4.69) is 11.4 Å². The molecule has 2 rings (SSSR count). The highest BCUT2D eigenvalue weighted by atomic mass is 32.1. The average molecular weight is 255 g/mol. The molecule has 0 amide bonds. The summed E-state index contributed by atoms with van der Waals surface area (Å²) in [5, 5.41) is 2.07. The number of thiophene rings is 1. The minimum atomic E-state index is 0.0356. The molecule has 2 heterocycles. The molecule has 1 aromatic heterocycles. The van der Waals surface area contributed by atoms with Crippen molar-refractivity contribution in [2.75, 3.05) is 19.8 Å². The molecule has 2 unspecified atom stereocenters. The van der Waals surface area contributed by atoms with E-state index in [4.69, 9.17) is 15.2 Å². The molecule has 1 saturated heterocycles. The Balaban J connectivity index is 1.85. The van der Waals surface area contributed by atoms with E-state index in [1.54, 1.807) is 11.3 Å². The monoisotopic (exact) mass is 255 g/mol. The van der Waals surface area contributed by atoms with Crippen LogP contribution in [0.1, 0.15) is 30.7 Å². The van der Waals surface area contributed by atoms with Gasteiger partial charge in [-0.2, -0.15) is 0 Å². The lowest BCUT2D eigenvalue weighted by molar-refractivity contribution is -0.0174. The van der Waals surface area contributed by atoms with E-state index in [1.807, 2.05) is 13.0 Å². The first-order valence-corrected chi connectivity index (χ1v) is 7.13. The zero-order valence-corrected chi connectivity index (χ0v) is 11.1. The normalized spacial score (nSPS) is 21.3. The molecule has 2 N–H and O–H groups in total. The molecule has 0 aromatic carbocycles. The van der Waals surface area contributed by atoms with Crippen LogP contribution in [-0.2, 0) is 9.47 Å². The van der Waals surface area contributed by atoms with Crippen molar-refractivity contribution < 1.29 is 9.47 Å². The first-order valence-electron chi connectivity index (χ1n) is 6.25. The molecule has 0 spiro atoms. The van der Waals surface area contributed by atoms with Gasteiger partial charge in [-0.25, -0.2) is 0 Å².